The molecule has 0 aliphatic rings. The molecule has 72 valence electrons. The van der Waals surface area contributed by atoms with E-state index < -0.39 is 0 Å². The largest absolute Gasteiger partial charge is 0.377 e. The summed E-state index contributed by atoms with van der Waals surface area (Å²) in [6.07, 6.45) is 6.38. The zero-order valence-corrected chi connectivity index (χ0v) is 8.25. The molecule has 1 atom stereocenters. The Kier molecular flexibility index (Phi) is 8.51. The smallest absolute Gasteiger partial charge is 0.0648 e. The van der Waals surface area contributed by atoms with E-state index in [-0.39, 0.29) is 0 Å². The van der Waals surface area contributed by atoms with Gasteiger partial charge in [0.25, 0.3) is 0 Å². The van der Waals surface area contributed by atoms with Crippen LogP contribution in [-0.4, -0.2) is 19.8 Å². The Morgan fingerprint density at radius 1 is 1.42 bits per heavy atom. The molecule has 0 aromatic carbocycles. The summed E-state index contributed by atoms with van der Waals surface area (Å²) in [6.45, 7) is 6.59. The maximum Gasteiger partial charge on any atom is 0.0648 e. The molecule has 0 radical (unpaired) electrons. The van der Waals surface area contributed by atoms with E-state index in [0.717, 1.165) is 6.61 Å². The molecule has 0 aromatic heterocycles. The molecule has 12 heavy (non-hydrogen) atoms. The summed E-state index contributed by atoms with van der Waals surface area (Å²) in [5.74, 6) is 0.682. The fraction of sp³-hybridized carbons (Fsp3) is 0.800. The van der Waals surface area contributed by atoms with Crippen LogP contribution in [-0.2, 0) is 4.74 Å². The van der Waals surface area contributed by atoms with Crippen LogP contribution in [0, 0.1) is 5.92 Å². The summed E-state index contributed by atoms with van der Waals surface area (Å²) in [5, 5.41) is 0. The molecular formula is C10H21NO. The van der Waals surface area contributed by atoms with Crippen molar-refractivity contribution in [2.75, 3.05) is 19.8 Å². The van der Waals surface area contributed by atoms with Crippen molar-refractivity contribution in [3.63, 3.8) is 0 Å². The van der Waals surface area contributed by atoms with Gasteiger partial charge in [0.15, 0.2) is 0 Å². The molecule has 0 saturated heterocycles. The molecule has 1 unspecified atom stereocenters. The summed E-state index contributed by atoms with van der Waals surface area (Å²) >= 11 is 0. The van der Waals surface area contributed by atoms with E-state index >= 15 is 0 Å². The number of nitrogens with two attached hydrogens (primary N) is 1. The van der Waals surface area contributed by atoms with E-state index in [9.17, 15) is 0 Å². The van der Waals surface area contributed by atoms with E-state index in [1.165, 1.54) is 12.8 Å². The predicted octanol–water partition coefficient (Wildman–Crippen LogP) is 1.95. The first kappa shape index (κ1) is 11.7. The van der Waals surface area contributed by atoms with Crippen molar-refractivity contribution < 1.29 is 4.74 Å². The van der Waals surface area contributed by atoms with Crippen LogP contribution in [0.4, 0.5) is 0 Å². The minimum absolute atomic E-state index is 0.605. The highest BCUT2D eigenvalue weighted by Gasteiger charge is 1.98. The van der Waals surface area contributed by atoms with Crippen LogP contribution in [0.2, 0.25) is 0 Å². The maximum atomic E-state index is 5.41. The molecule has 0 amide bonds. The summed E-state index contributed by atoms with van der Waals surface area (Å²) in [4.78, 5) is 0. The first-order valence-corrected chi connectivity index (χ1v) is 4.74. The Hall–Kier alpha value is -0.340. The zero-order chi connectivity index (χ0) is 9.23. The van der Waals surface area contributed by atoms with Crippen molar-refractivity contribution in [1.29, 1.82) is 0 Å². The number of hydrogen-bond acceptors (Lipinski definition) is 2. The van der Waals surface area contributed by atoms with Gasteiger partial charge in [-0.3, -0.25) is 0 Å². The molecule has 0 bridgehead atoms. The minimum Gasteiger partial charge on any atom is -0.377 e. The maximum absolute atomic E-state index is 5.41. The first-order chi connectivity index (χ1) is 5.81. The topological polar surface area (TPSA) is 35.2 Å². The summed E-state index contributed by atoms with van der Waals surface area (Å²) in [6, 6.07) is 0. The lowest BCUT2D eigenvalue weighted by atomic mass is 10.1. The average Bonchev–Trinajstić information content (AvgIpc) is 2.05. The van der Waals surface area contributed by atoms with Gasteiger partial charge in [0.1, 0.15) is 0 Å². The third-order valence-electron chi connectivity index (χ3n) is 1.70. The third kappa shape index (κ3) is 7.76. The fourth-order valence-corrected chi connectivity index (χ4v) is 1.08. The molecule has 0 aromatic rings. The second kappa shape index (κ2) is 8.75. The zero-order valence-electron chi connectivity index (χ0n) is 8.25. The van der Waals surface area contributed by atoms with Gasteiger partial charge in [-0.25, -0.2) is 0 Å². The fourth-order valence-electron chi connectivity index (χ4n) is 1.08. The molecule has 0 saturated carbocycles. The quantitative estimate of drug-likeness (QED) is 0.469. The van der Waals surface area contributed by atoms with Gasteiger partial charge >= 0.3 is 0 Å². The van der Waals surface area contributed by atoms with Gasteiger partial charge in [-0.15, -0.1) is 0 Å². The first-order valence-electron chi connectivity index (χ1n) is 4.74. The van der Waals surface area contributed by atoms with Gasteiger partial charge in [-0.1, -0.05) is 32.4 Å². The second-order valence-corrected chi connectivity index (χ2v) is 3.14. The highest BCUT2D eigenvalue weighted by Crippen LogP contribution is 2.04. The number of rotatable bonds is 7. The number of hydrogen-bond donors (Lipinski definition) is 1. The van der Waals surface area contributed by atoms with Gasteiger partial charge in [-0.05, 0) is 12.3 Å². The van der Waals surface area contributed by atoms with Crippen molar-refractivity contribution in [3.05, 3.63) is 12.2 Å². The van der Waals surface area contributed by atoms with Gasteiger partial charge in [-0.2, -0.15) is 0 Å². The van der Waals surface area contributed by atoms with E-state index in [1.54, 1.807) is 0 Å². The molecule has 0 rings (SSSR count). The van der Waals surface area contributed by atoms with Crippen LogP contribution in [0.3, 0.4) is 0 Å². The highest BCUT2D eigenvalue weighted by atomic mass is 16.5. The molecule has 0 heterocycles. The molecule has 0 fully saturated rings. The molecule has 0 aliphatic carbocycles. The monoisotopic (exact) mass is 171 g/mol. The average molecular weight is 171 g/mol. The van der Waals surface area contributed by atoms with E-state index in [1.807, 2.05) is 12.2 Å². The minimum atomic E-state index is 0.605. The lowest BCUT2D eigenvalue weighted by Crippen LogP contribution is -2.05. The lowest BCUT2D eigenvalue weighted by Gasteiger charge is -2.08. The van der Waals surface area contributed by atoms with Crippen molar-refractivity contribution in [2.24, 2.45) is 11.7 Å². The Balaban J connectivity index is 3.13. The Morgan fingerprint density at radius 3 is 2.75 bits per heavy atom. The van der Waals surface area contributed by atoms with Crippen molar-refractivity contribution in [2.45, 2.75) is 26.7 Å². The standard InChI is InChI=1S/C10H21NO/c1-3-6-10(2)9-12-8-5-4-7-11/h4-5,10H,3,6-9,11H2,1-2H3/b5-4+. The number of ether oxygens (including phenoxy) is 1. The van der Waals surface area contributed by atoms with Crippen molar-refractivity contribution in [3.8, 4) is 0 Å². The van der Waals surface area contributed by atoms with Crippen LogP contribution < -0.4 is 5.73 Å². The van der Waals surface area contributed by atoms with Crippen LogP contribution in [0.25, 0.3) is 0 Å². The van der Waals surface area contributed by atoms with Gasteiger partial charge in [0, 0.05) is 13.2 Å². The van der Waals surface area contributed by atoms with Crippen LogP contribution in [0.15, 0.2) is 12.2 Å². The molecular weight excluding hydrogens is 150 g/mol. The van der Waals surface area contributed by atoms with Gasteiger partial charge in [0.05, 0.1) is 6.61 Å². The molecule has 2 heteroatoms. The Bertz CT molecular complexity index is 112. The van der Waals surface area contributed by atoms with Gasteiger partial charge in [0.2, 0.25) is 0 Å². The molecule has 2 N–H and O–H groups in total. The Morgan fingerprint density at radius 2 is 2.17 bits per heavy atom. The van der Waals surface area contributed by atoms with Crippen LogP contribution in [0.1, 0.15) is 26.7 Å². The van der Waals surface area contributed by atoms with Crippen molar-refractivity contribution in [1.82, 2.24) is 0 Å². The van der Waals surface area contributed by atoms with E-state index in [4.69, 9.17) is 10.5 Å². The lowest BCUT2D eigenvalue weighted by molar-refractivity contribution is 0.125. The molecule has 2 nitrogen and oxygen atoms in total. The highest BCUT2D eigenvalue weighted by molar-refractivity contribution is 4.81. The third-order valence-corrected chi connectivity index (χ3v) is 1.70. The Labute approximate surface area is 75.8 Å². The van der Waals surface area contributed by atoms with Crippen LogP contribution >= 0.6 is 0 Å². The summed E-state index contributed by atoms with van der Waals surface area (Å²) < 4.78 is 5.41. The molecule has 0 aliphatic heterocycles. The van der Waals surface area contributed by atoms with Crippen LogP contribution in [0.5, 0.6) is 0 Å². The second-order valence-electron chi connectivity index (χ2n) is 3.14. The van der Waals surface area contributed by atoms with E-state index in [0.29, 0.717) is 19.1 Å². The summed E-state index contributed by atoms with van der Waals surface area (Å²) in [7, 11) is 0. The molecule has 0 spiro atoms. The summed E-state index contributed by atoms with van der Waals surface area (Å²) in [5.41, 5.74) is 5.28. The SMILES string of the molecule is CCCC(C)COC/C=C/CN. The van der Waals surface area contributed by atoms with E-state index in [2.05, 4.69) is 13.8 Å². The van der Waals surface area contributed by atoms with Crippen molar-refractivity contribution >= 4 is 0 Å². The predicted molar refractivity (Wildman–Crippen MR) is 53.1 cm³/mol. The van der Waals surface area contributed by atoms with Gasteiger partial charge < -0.3 is 10.5 Å². The normalized spacial score (nSPS) is 13.9.